The minimum Gasteiger partial charge on any atom is -0.352 e. The van der Waals surface area contributed by atoms with E-state index in [1.165, 1.54) is 18.7 Å². The van der Waals surface area contributed by atoms with Gasteiger partial charge in [0.25, 0.3) is 0 Å². The SMILES string of the molecule is CC(=O)NC1CCCN(C(=O)CSc2nnc(C)n2-c2ccccc2C)C1. The van der Waals surface area contributed by atoms with Gasteiger partial charge in [0.15, 0.2) is 5.16 Å². The molecule has 3 rings (SSSR count). The largest absolute Gasteiger partial charge is 0.352 e. The molecule has 0 bridgehead atoms. The van der Waals surface area contributed by atoms with Gasteiger partial charge in [-0.1, -0.05) is 30.0 Å². The number of likely N-dealkylation sites (tertiary alicyclic amines) is 1. The summed E-state index contributed by atoms with van der Waals surface area (Å²) >= 11 is 1.40. The van der Waals surface area contributed by atoms with Crippen molar-refractivity contribution in [1.29, 1.82) is 0 Å². The Morgan fingerprint density at radius 2 is 2.04 bits per heavy atom. The van der Waals surface area contributed by atoms with Gasteiger partial charge in [-0.15, -0.1) is 10.2 Å². The highest BCUT2D eigenvalue weighted by molar-refractivity contribution is 7.99. The molecule has 1 atom stereocenters. The molecule has 1 N–H and O–H groups in total. The van der Waals surface area contributed by atoms with Crippen molar-refractivity contribution in [2.75, 3.05) is 18.8 Å². The van der Waals surface area contributed by atoms with Gasteiger partial charge in [-0.05, 0) is 38.3 Å². The number of benzene rings is 1. The van der Waals surface area contributed by atoms with Gasteiger partial charge >= 0.3 is 0 Å². The molecule has 0 aliphatic carbocycles. The van der Waals surface area contributed by atoms with Gasteiger partial charge in [0.1, 0.15) is 5.82 Å². The zero-order valence-corrected chi connectivity index (χ0v) is 16.8. The van der Waals surface area contributed by atoms with Crippen LogP contribution >= 0.6 is 11.8 Å². The van der Waals surface area contributed by atoms with E-state index in [4.69, 9.17) is 0 Å². The first-order valence-electron chi connectivity index (χ1n) is 9.11. The van der Waals surface area contributed by atoms with Crippen molar-refractivity contribution < 1.29 is 9.59 Å². The zero-order valence-electron chi connectivity index (χ0n) is 15.9. The summed E-state index contributed by atoms with van der Waals surface area (Å²) < 4.78 is 1.99. The quantitative estimate of drug-likeness (QED) is 0.795. The Kier molecular flexibility index (Phi) is 6.15. The monoisotopic (exact) mass is 387 g/mol. The first-order chi connectivity index (χ1) is 13.0. The molecule has 8 heteroatoms. The summed E-state index contributed by atoms with van der Waals surface area (Å²) in [6, 6.07) is 8.10. The molecular formula is C19H25N5O2S. The lowest BCUT2D eigenvalue weighted by molar-refractivity contribution is -0.130. The molecule has 1 aliphatic heterocycles. The summed E-state index contributed by atoms with van der Waals surface area (Å²) in [7, 11) is 0. The van der Waals surface area contributed by atoms with E-state index in [0.29, 0.717) is 17.5 Å². The molecule has 1 aromatic heterocycles. The number of aromatic nitrogens is 3. The molecule has 144 valence electrons. The normalized spacial score (nSPS) is 17.0. The van der Waals surface area contributed by atoms with Crippen molar-refractivity contribution in [2.24, 2.45) is 0 Å². The molecule has 0 spiro atoms. The van der Waals surface area contributed by atoms with Crippen molar-refractivity contribution in [3.63, 3.8) is 0 Å². The fourth-order valence-electron chi connectivity index (χ4n) is 3.35. The summed E-state index contributed by atoms with van der Waals surface area (Å²) in [5.41, 5.74) is 2.15. The number of carbonyl (C=O) groups excluding carboxylic acids is 2. The van der Waals surface area contributed by atoms with Crippen molar-refractivity contribution in [2.45, 2.75) is 44.8 Å². The third-order valence-corrected chi connectivity index (χ3v) is 5.57. The smallest absolute Gasteiger partial charge is 0.233 e. The molecule has 0 saturated carbocycles. The topological polar surface area (TPSA) is 80.1 Å². The third-order valence-electron chi connectivity index (χ3n) is 4.66. The van der Waals surface area contributed by atoms with Crippen LogP contribution in [0.25, 0.3) is 5.69 Å². The van der Waals surface area contributed by atoms with Gasteiger partial charge < -0.3 is 10.2 Å². The van der Waals surface area contributed by atoms with E-state index in [2.05, 4.69) is 15.5 Å². The zero-order chi connectivity index (χ0) is 19.4. The van der Waals surface area contributed by atoms with Crippen molar-refractivity contribution >= 4 is 23.6 Å². The van der Waals surface area contributed by atoms with Gasteiger partial charge in [-0.3, -0.25) is 14.2 Å². The minimum absolute atomic E-state index is 0.0445. The molecule has 2 heterocycles. The van der Waals surface area contributed by atoms with E-state index in [1.807, 2.05) is 47.6 Å². The average Bonchev–Trinajstić information content (AvgIpc) is 3.00. The number of hydrogen-bond donors (Lipinski definition) is 1. The maximum atomic E-state index is 12.7. The Morgan fingerprint density at radius 1 is 1.26 bits per heavy atom. The van der Waals surface area contributed by atoms with Gasteiger partial charge in [0.05, 0.1) is 11.4 Å². The first kappa shape index (κ1) is 19.4. The highest BCUT2D eigenvalue weighted by Gasteiger charge is 2.24. The van der Waals surface area contributed by atoms with E-state index < -0.39 is 0 Å². The second-order valence-corrected chi connectivity index (χ2v) is 7.76. The lowest BCUT2D eigenvalue weighted by Crippen LogP contribution is -2.49. The molecule has 2 amide bonds. The van der Waals surface area contributed by atoms with E-state index in [1.54, 1.807) is 0 Å². The van der Waals surface area contributed by atoms with Crippen LogP contribution in [0.15, 0.2) is 29.4 Å². The molecule has 7 nitrogen and oxygen atoms in total. The van der Waals surface area contributed by atoms with Gasteiger partial charge in [0.2, 0.25) is 11.8 Å². The lowest BCUT2D eigenvalue weighted by Gasteiger charge is -2.33. The molecule has 0 radical (unpaired) electrons. The fourth-order valence-corrected chi connectivity index (χ4v) is 4.25. The average molecular weight is 388 g/mol. The lowest BCUT2D eigenvalue weighted by atomic mass is 10.1. The molecule has 1 unspecified atom stereocenters. The van der Waals surface area contributed by atoms with Gasteiger partial charge in [-0.2, -0.15) is 0 Å². The maximum absolute atomic E-state index is 12.7. The summed E-state index contributed by atoms with van der Waals surface area (Å²) in [6.07, 6.45) is 1.82. The number of hydrogen-bond acceptors (Lipinski definition) is 5. The Morgan fingerprint density at radius 3 is 2.78 bits per heavy atom. The molecule has 1 aliphatic rings. The number of carbonyl (C=O) groups is 2. The summed E-state index contributed by atoms with van der Waals surface area (Å²) in [6.45, 7) is 6.77. The molecule has 1 saturated heterocycles. The Labute approximate surface area is 163 Å². The third kappa shape index (κ3) is 4.68. The number of thioether (sulfide) groups is 1. The molecular weight excluding hydrogens is 362 g/mol. The van der Waals surface area contributed by atoms with Crippen LogP contribution < -0.4 is 5.32 Å². The van der Waals surface area contributed by atoms with Crippen LogP contribution in [0.2, 0.25) is 0 Å². The van der Waals surface area contributed by atoms with E-state index in [9.17, 15) is 9.59 Å². The number of piperidine rings is 1. The first-order valence-corrected chi connectivity index (χ1v) is 10.1. The van der Waals surface area contributed by atoms with Crippen molar-refractivity contribution in [3.8, 4) is 5.69 Å². The van der Waals surface area contributed by atoms with E-state index >= 15 is 0 Å². The maximum Gasteiger partial charge on any atom is 0.233 e. The predicted molar refractivity (Wildman–Crippen MR) is 105 cm³/mol. The Balaban J connectivity index is 1.66. The number of nitrogens with one attached hydrogen (secondary N) is 1. The molecule has 2 aromatic rings. The van der Waals surface area contributed by atoms with Gasteiger partial charge in [-0.25, -0.2) is 0 Å². The molecule has 1 fully saturated rings. The highest BCUT2D eigenvalue weighted by atomic mass is 32.2. The van der Waals surface area contributed by atoms with E-state index in [0.717, 1.165) is 36.5 Å². The van der Waals surface area contributed by atoms with Crippen molar-refractivity contribution in [1.82, 2.24) is 25.0 Å². The minimum atomic E-state index is -0.0505. The summed E-state index contributed by atoms with van der Waals surface area (Å²) in [5, 5.41) is 12.1. The second-order valence-electron chi connectivity index (χ2n) is 6.82. The number of aryl methyl sites for hydroxylation is 2. The highest BCUT2D eigenvalue weighted by Crippen LogP contribution is 2.24. The van der Waals surface area contributed by atoms with Crippen LogP contribution in [-0.4, -0.2) is 56.4 Å². The van der Waals surface area contributed by atoms with Crippen LogP contribution in [0.4, 0.5) is 0 Å². The second kappa shape index (κ2) is 8.56. The standard InChI is InChI=1S/C19H25N5O2S/c1-13-7-4-5-9-17(13)24-14(2)21-22-19(24)27-12-18(26)23-10-6-8-16(11-23)20-15(3)25/h4-5,7,9,16H,6,8,10-12H2,1-3H3,(H,20,25). The summed E-state index contributed by atoms with van der Waals surface area (Å²) in [5.74, 6) is 1.11. The van der Waals surface area contributed by atoms with E-state index in [-0.39, 0.29) is 17.9 Å². The molecule has 27 heavy (non-hydrogen) atoms. The van der Waals surface area contributed by atoms with Crippen molar-refractivity contribution in [3.05, 3.63) is 35.7 Å². The predicted octanol–water partition coefficient (Wildman–Crippen LogP) is 2.10. The number of rotatable bonds is 5. The number of nitrogens with zero attached hydrogens (tertiary/aromatic N) is 4. The van der Waals surface area contributed by atoms with Crippen LogP contribution in [0, 0.1) is 13.8 Å². The fraction of sp³-hybridized carbons (Fsp3) is 0.474. The van der Waals surface area contributed by atoms with Crippen LogP contribution in [0.1, 0.15) is 31.2 Å². The number of amides is 2. The van der Waals surface area contributed by atoms with Crippen LogP contribution in [-0.2, 0) is 9.59 Å². The number of para-hydroxylation sites is 1. The van der Waals surface area contributed by atoms with Crippen LogP contribution in [0.5, 0.6) is 0 Å². The molecule has 1 aromatic carbocycles. The summed E-state index contributed by atoms with van der Waals surface area (Å²) in [4.78, 5) is 25.8. The Hall–Kier alpha value is -2.35. The Bertz CT molecular complexity index is 835. The van der Waals surface area contributed by atoms with Crippen LogP contribution in [0.3, 0.4) is 0 Å². The van der Waals surface area contributed by atoms with Gasteiger partial charge in [0, 0.05) is 26.1 Å².